The first-order chi connectivity index (χ1) is 10.8. The molecule has 114 valence electrons. The van der Waals surface area contributed by atoms with Gasteiger partial charge in [-0.2, -0.15) is 10.2 Å². The van der Waals surface area contributed by atoms with Gasteiger partial charge in [0.15, 0.2) is 0 Å². The normalized spacial score (nSPS) is 10.7. The summed E-state index contributed by atoms with van der Waals surface area (Å²) >= 11 is 1.64. The minimum Gasteiger partial charge on any atom is -0.352 e. The molecule has 3 aromatic heterocycles. The lowest BCUT2D eigenvalue weighted by atomic mass is 10.2. The van der Waals surface area contributed by atoms with Gasteiger partial charge in [0.2, 0.25) is 5.91 Å². The van der Waals surface area contributed by atoms with Gasteiger partial charge in [0, 0.05) is 25.1 Å². The average Bonchev–Trinajstić information content (AvgIpc) is 3.26. The predicted octanol–water partition coefficient (Wildman–Crippen LogP) is 1.83. The fraction of sp³-hybridized carbons (Fsp3) is 0.286. The molecule has 0 bridgehead atoms. The van der Waals surface area contributed by atoms with Crippen molar-refractivity contribution in [2.24, 2.45) is 0 Å². The van der Waals surface area contributed by atoms with Crippen LogP contribution in [0.2, 0.25) is 0 Å². The molecule has 1 amide bonds. The molecular weight excluding hydrogens is 300 g/mol. The van der Waals surface area contributed by atoms with Crippen LogP contribution in [-0.4, -0.2) is 30.9 Å². The fourth-order valence-corrected chi connectivity index (χ4v) is 2.87. The number of nitrogens with one attached hydrogen (secondary N) is 2. The van der Waals surface area contributed by atoms with E-state index in [2.05, 4.69) is 25.6 Å². The number of hydrogen-bond acceptors (Lipinski definition) is 5. The third kappa shape index (κ3) is 3.59. The Kier molecular flexibility index (Phi) is 4.59. The summed E-state index contributed by atoms with van der Waals surface area (Å²) in [4.78, 5) is 16.9. The number of aromatic amines is 1. The van der Waals surface area contributed by atoms with Crippen LogP contribution in [0.5, 0.6) is 0 Å². The number of H-pyrrole nitrogens is 1. The summed E-state index contributed by atoms with van der Waals surface area (Å²) in [7, 11) is 0. The fourth-order valence-electron chi connectivity index (χ4n) is 2.11. The van der Waals surface area contributed by atoms with E-state index >= 15 is 0 Å². The Labute approximate surface area is 131 Å². The number of carbonyl (C=O) groups excluding carboxylic acids is 1. The molecule has 8 heteroatoms. The van der Waals surface area contributed by atoms with Gasteiger partial charge in [-0.15, -0.1) is 11.3 Å². The molecule has 0 aliphatic heterocycles. The lowest BCUT2D eigenvalue weighted by Gasteiger charge is -2.05. The van der Waals surface area contributed by atoms with E-state index in [9.17, 15) is 4.79 Å². The Morgan fingerprint density at radius 2 is 2.41 bits per heavy atom. The molecule has 0 aliphatic carbocycles. The molecule has 7 nitrogen and oxygen atoms in total. The monoisotopic (exact) mass is 316 g/mol. The third-order valence-corrected chi connectivity index (χ3v) is 4.11. The Bertz CT molecular complexity index is 704. The van der Waals surface area contributed by atoms with Crippen molar-refractivity contribution in [2.45, 2.75) is 25.9 Å². The van der Waals surface area contributed by atoms with Crippen molar-refractivity contribution in [2.75, 3.05) is 0 Å². The van der Waals surface area contributed by atoms with Crippen LogP contribution in [0, 0.1) is 0 Å². The van der Waals surface area contributed by atoms with Crippen LogP contribution in [0.1, 0.15) is 18.4 Å². The van der Waals surface area contributed by atoms with E-state index in [0.717, 1.165) is 22.6 Å². The number of aromatic nitrogens is 5. The van der Waals surface area contributed by atoms with Gasteiger partial charge >= 0.3 is 0 Å². The summed E-state index contributed by atoms with van der Waals surface area (Å²) in [5.74, 6) is 0.0263. The largest absolute Gasteiger partial charge is 0.352 e. The Hall–Kier alpha value is -2.48. The van der Waals surface area contributed by atoms with Gasteiger partial charge in [0.1, 0.15) is 12.7 Å². The van der Waals surface area contributed by atoms with Gasteiger partial charge in [0.25, 0.3) is 0 Å². The van der Waals surface area contributed by atoms with E-state index in [-0.39, 0.29) is 5.91 Å². The van der Waals surface area contributed by atoms with Crippen LogP contribution >= 0.6 is 11.3 Å². The number of nitrogens with zero attached hydrogens (tertiary/aromatic N) is 4. The lowest BCUT2D eigenvalue weighted by Crippen LogP contribution is -2.22. The van der Waals surface area contributed by atoms with Gasteiger partial charge in [-0.3, -0.25) is 14.6 Å². The standard InChI is InChI=1S/C14H16N6OS/c21-13(4-1-5-20-10-15-9-18-20)16-7-11-8-17-19-14(11)12-3-2-6-22-12/h2-3,6,8-10H,1,4-5,7H2,(H,16,21)(H,17,19). The van der Waals surface area contributed by atoms with E-state index in [1.54, 1.807) is 28.5 Å². The number of hydrogen-bond donors (Lipinski definition) is 2. The maximum atomic E-state index is 11.9. The summed E-state index contributed by atoms with van der Waals surface area (Å²) in [6.07, 6.45) is 6.09. The molecule has 0 fully saturated rings. The molecule has 0 saturated heterocycles. The molecule has 3 aromatic rings. The minimum atomic E-state index is 0.0263. The smallest absolute Gasteiger partial charge is 0.220 e. The van der Waals surface area contributed by atoms with Crippen molar-refractivity contribution in [1.82, 2.24) is 30.3 Å². The molecule has 0 aliphatic rings. The molecule has 3 heterocycles. The molecule has 0 radical (unpaired) electrons. The number of amides is 1. The molecule has 2 N–H and O–H groups in total. The van der Waals surface area contributed by atoms with E-state index in [0.29, 0.717) is 19.5 Å². The molecule has 0 unspecified atom stereocenters. The number of rotatable bonds is 7. The summed E-state index contributed by atoms with van der Waals surface area (Å²) < 4.78 is 1.72. The first-order valence-electron chi connectivity index (χ1n) is 6.98. The quantitative estimate of drug-likeness (QED) is 0.696. The third-order valence-electron chi connectivity index (χ3n) is 3.22. The van der Waals surface area contributed by atoms with Crippen molar-refractivity contribution >= 4 is 17.2 Å². The summed E-state index contributed by atoms with van der Waals surface area (Å²) in [5, 5.41) is 16.0. The summed E-state index contributed by atoms with van der Waals surface area (Å²) in [6.45, 7) is 1.17. The number of aryl methyl sites for hydroxylation is 1. The lowest BCUT2D eigenvalue weighted by molar-refractivity contribution is -0.121. The van der Waals surface area contributed by atoms with Gasteiger partial charge in [-0.1, -0.05) is 6.07 Å². The second-order valence-corrected chi connectivity index (χ2v) is 5.73. The maximum Gasteiger partial charge on any atom is 0.220 e. The predicted molar refractivity (Wildman–Crippen MR) is 83.0 cm³/mol. The first-order valence-corrected chi connectivity index (χ1v) is 7.86. The minimum absolute atomic E-state index is 0.0263. The zero-order valence-electron chi connectivity index (χ0n) is 11.9. The van der Waals surface area contributed by atoms with E-state index in [1.165, 1.54) is 6.33 Å². The highest BCUT2D eigenvalue weighted by molar-refractivity contribution is 7.13. The Morgan fingerprint density at radius 1 is 1.45 bits per heavy atom. The molecule has 3 rings (SSSR count). The van der Waals surface area contributed by atoms with Crippen LogP contribution in [0.25, 0.3) is 10.6 Å². The van der Waals surface area contributed by atoms with Gasteiger partial charge in [-0.05, 0) is 17.9 Å². The van der Waals surface area contributed by atoms with Gasteiger partial charge in [0.05, 0.1) is 16.8 Å². The Balaban J connectivity index is 1.46. The van der Waals surface area contributed by atoms with Crippen LogP contribution < -0.4 is 5.32 Å². The van der Waals surface area contributed by atoms with Crippen LogP contribution in [0.15, 0.2) is 36.4 Å². The summed E-state index contributed by atoms with van der Waals surface area (Å²) in [6, 6.07) is 4.02. The molecule has 0 spiro atoms. The number of thiophene rings is 1. The molecular formula is C14H16N6OS. The zero-order valence-corrected chi connectivity index (χ0v) is 12.7. The van der Waals surface area contributed by atoms with Crippen LogP contribution in [0.3, 0.4) is 0 Å². The zero-order chi connectivity index (χ0) is 15.2. The summed E-state index contributed by atoms with van der Waals surface area (Å²) in [5.41, 5.74) is 1.96. The van der Waals surface area contributed by atoms with Crippen molar-refractivity contribution in [3.63, 3.8) is 0 Å². The molecule has 0 aromatic carbocycles. The van der Waals surface area contributed by atoms with Crippen molar-refractivity contribution in [1.29, 1.82) is 0 Å². The van der Waals surface area contributed by atoms with E-state index in [1.807, 2.05) is 17.5 Å². The molecule has 22 heavy (non-hydrogen) atoms. The van der Waals surface area contributed by atoms with Crippen LogP contribution in [-0.2, 0) is 17.9 Å². The Morgan fingerprint density at radius 3 is 3.18 bits per heavy atom. The van der Waals surface area contributed by atoms with Gasteiger partial charge in [-0.25, -0.2) is 4.98 Å². The second kappa shape index (κ2) is 6.99. The topological polar surface area (TPSA) is 88.5 Å². The van der Waals surface area contributed by atoms with Crippen molar-refractivity contribution in [3.05, 3.63) is 41.9 Å². The second-order valence-electron chi connectivity index (χ2n) is 4.79. The van der Waals surface area contributed by atoms with E-state index < -0.39 is 0 Å². The highest BCUT2D eigenvalue weighted by Gasteiger charge is 2.09. The maximum absolute atomic E-state index is 11.9. The SMILES string of the molecule is O=C(CCCn1cncn1)NCc1cn[nH]c1-c1cccs1. The number of carbonyl (C=O) groups is 1. The highest BCUT2D eigenvalue weighted by Crippen LogP contribution is 2.25. The van der Waals surface area contributed by atoms with Crippen LogP contribution in [0.4, 0.5) is 0 Å². The highest BCUT2D eigenvalue weighted by atomic mass is 32.1. The van der Waals surface area contributed by atoms with E-state index in [4.69, 9.17) is 0 Å². The van der Waals surface area contributed by atoms with Crippen molar-refractivity contribution in [3.8, 4) is 10.6 Å². The molecule has 0 saturated carbocycles. The van der Waals surface area contributed by atoms with Crippen molar-refractivity contribution < 1.29 is 4.79 Å². The average molecular weight is 316 g/mol. The first kappa shape index (κ1) is 14.5. The molecule has 0 atom stereocenters. The van der Waals surface area contributed by atoms with Gasteiger partial charge < -0.3 is 5.32 Å².